The molecule has 0 unspecified atom stereocenters. The summed E-state index contributed by atoms with van der Waals surface area (Å²) in [5.41, 5.74) is 1.01. The van der Waals surface area contributed by atoms with Gasteiger partial charge in [-0.15, -0.1) is 5.10 Å². The SMILES string of the molecule is Oc1c([C@H](c2ccccc2F)N2CCN(c3ccccc3F)CC2)sc2nc(-c3ccco3)nn12. The molecular formula is C25H21F2N5O2S. The van der Waals surface area contributed by atoms with Crippen LogP contribution in [0.15, 0.2) is 71.3 Å². The van der Waals surface area contributed by atoms with Crippen molar-refractivity contribution in [2.75, 3.05) is 31.1 Å². The van der Waals surface area contributed by atoms with Crippen molar-refractivity contribution in [3.05, 3.63) is 89.0 Å². The summed E-state index contributed by atoms with van der Waals surface area (Å²) in [5, 5.41) is 15.5. The highest BCUT2D eigenvalue weighted by Crippen LogP contribution is 2.41. The van der Waals surface area contributed by atoms with Crippen LogP contribution in [-0.2, 0) is 0 Å². The Kier molecular flexibility index (Phi) is 5.46. The first-order valence-electron chi connectivity index (χ1n) is 11.2. The second-order valence-corrected chi connectivity index (χ2v) is 9.30. The van der Waals surface area contributed by atoms with Gasteiger partial charge in [0.05, 0.1) is 22.9 Å². The van der Waals surface area contributed by atoms with E-state index in [0.29, 0.717) is 58.9 Å². The molecule has 1 aliphatic rings. The number of halogens is 2. The van der Waals surface area contributed by atoms with E-state index in [0.717, 1.165) is 0 Å². The van der Waals surface area contributed by atoms with Crippen LogP contribution in [0.25, 0.3) is 16.5 Å². The van der Waals surface area contributed by atoms with Crippen LogP contribution in [0.4, 0.5) is 14.5 Å². The number of fused-ring (bicyclic) bond motifs is 1. The van der Waals surface area contributed by atoms with Crippen LogP contribution in [0.2, 0.25) is 0 Å². The summed E-state index contributed by atoms with van der Waals surface area (Å²) >= 11 is 1.26. The fourth-order valence-corrected chi connectivity index (χ4v) is 5.68. The van der Waals surface area contributed by atoms with Crippen LogP contribution < -0.4 is 4.90 Å². The number of hydrogen-bond acceptors (Lipinski definition) is 7. The van der Waals surface area contributed by atoms with Gasteiger partial charge in [-0.1, -0.05) is 41.7 Å². The number of benzene rings is 2. The number of rotatable bonds is 5. The van der Waals surface area contributed by atoms with Crippen LogP contribution in [0.3, 0.4) is 0 Å². The monoisotopic (exact) mass is 493 g/mol. The molecule has 3 aromatic heterocycles. The number of nitrogens with zero attached hydrogens (tertiary/aromatic N) is 5. The number of hydrogen-bond donors (Lipinski definition) is 1. The number of aromatic nitrogens is 3. The Morgan fingerprint density at radius 2 is 1.66 bits per heavy atom. The maximum atomic E-state index is 15.0. The normalized spacial score (nSPS) is 15.7. The van der Waals surface area contributed by atoms with Crippen LogP contribution >= 0.6 is 11.3 Å². The third-order valence-corrected chi connectivity index (χ3v) is 7.33. The van der Waals surface area contributed by atoms with Crippen LogP contribution in [0.1, 0.15) is 16.5 Å². The molecule has 2 aromatic carbocycles. The van der Waals surface area contributed by atoms with Crippen LogP contribution in [0, 0.1) is 11.6 Å². The highest BCUT2D eigenvalue weighted by atomic mass is 32.1. The number of furan rings is 1. The number of anilines is 1. The second-order valence-electron chi connectivity index (χ2n) is 8.30. The third kappa shape index (κ3) is 3.84. The first-order chi connectivity index (χ1) is 17.1. The average Bonchev–Trinajstić information content (AvgIpc) is 3.60. The van der Waals surface area contributed by atoms with Crippen molar-refractivity contribution in [1.29, 1.82) is 0 Å². The van der Waals surface area contributed by atoms with Crippen molar-refractivity contribution in [3.8, 4) is 17.5 Å². The van der Waals surface area contributed by atoms with Crippen molar-refractivity contribution in [3.63, 3.8) is 0 Å². The van der Waals surface area contributed by atoms with E-state index in [4.69, 9.17) is 4.42 Å². The number of aromatic hydroxyl groups is 1. The van der Waals surface area contributed by atoms with Gasteiger partial charge in [0.15, 0.2) is 5.76 Å². The van der Waals surface area contributed by atoms with Gasteiger partial charge >= 0.3 is 0 Å². The largest absolute Gasteiger partial charge is 0.492 e. The smallest absolute Gasteiger partial charge is 0.230 e. The lowest BCUT2D eigenvalue weighted by atomic mass is 10.0. The van der Waals surface area contributed by atoms with Gasteiger partial charge in [0, 0.05) is 31.7 Å². The topological polar surface area (TPSA) is 70.0 Å². The zero-order valence-electron chi connectivity index (χ0n) is 18.5. The molecule has 178 valence electrons. The Labute approximate surface area is 203 Å². The van der Waals surface area contributed by atoms with Crippen molar-refractivity contribution in [1.82, 2.24) is 19.5 Å². The van der Waals surface area contributed by atoms with Crippen molar-refractivity contribution in [2.45, 2.75) is 6.04 Å². The molecule has 1 saturated heterocycles. The quantitative estimate of drug-likeness (QED) is 0.374. The van der Waals surface area contributed by atoms with Crippen molar-refractivity contribution >= 4 is 22.0 Å². The van der Waals surface area contributed by atoms with Gasteiger partial charge in [-0.25, -0.2) is 8.78 Å². The molecule has 0 spiro atoms. The van der Waals surface area contributed by atoms with Gasteiger partial charge in [0.25, 0.3) is 0 Å². The minimum absolute atomic E-state index is 0.0832. The number of thiazole rings is 1. The zero-order chi connectivity index (χ0) is 23.9. The average molecular weight is 494 g/mol. The lowest BCUT2D eigenvalue weighted by Crippen LogP contribution is -2.48. The molecule has 1 aliphatic heterocycles. The summed E-state index contributed by atoms with van der Waals surface area (Å²) in [6.45, 7) is 2.24. The molecule has 4 heterocycles. The van der Waals surface area contributed by atoms with Crippen molar-refractivity contribution < 1.29 is 18.3 Å². The highest BCUT2D eigenvalue weighted by molar-refractivity contribution is 7.17. The van der Waals surface area contributed by atoms with E-state index in [1.807, 2.05) is 11.0 Å². The van der Waals surface area contributed by atoms with E-state index in [2.05, 4.69) is 15.0 Å². The molecular weight excluding hydrogens is 472 g/mol. The molecule has 1 N–H and O–H groups in total. The minimum atomic E-state index is -0.542. The van der Waals surface area contributed by atoms with E-state index < -0.39 is 6.04 Å². The first-order valence-corrected chi connectivity index (χ1v) is 12.0. The van der Waals surface area contributed by atoms with E-state index in [-0.39, 0.29) is 17.5 Å². The number of para-hydroxylation sites is 1. The Morgan fingerprint density at radius 1 is 0.914 bits per heavy atom. The molecule has 0 aliphatic carbocycles. The lowest BCUT2D eigenvalue weighted by Gasteiger charge is -2.40. The molecule has 6 rings (SSSR count). The standard InChI is InChI=1S/C25H21F2N5O2S/c26-17-7-2-1-6-16(17)21(31-13-11-30(12-14-31)19-9-4-3-8-18(19)27)22-24(33)32-25(35-22)28-23(29-32)20-10-5-15-34-20/h1-10,15,21,33H,11-14H2/t21-/m0/s1. The molecule has 35 heavy (non-hydrogen) atoms. The van der Waals surface area contributed by atoms with Gasteiger partial charge in [0.2, 0.25) is 16.7 Å². The van der Waals surface area contributed by atoms with E-state index in [9.17, 15) is 9.50 Å². The zero-order valence-corrected chi connectivity index (χ0v) is 19.3. The number of piperazine rings is 1. The first kappa shape index (κ1) is 21.8. The Hall–Kier alpha value is -3.76. The summed E-state index contributed by atoms with van der Waals surface area (Å²) < 4.78 is 36.1. The maximum Gasteiger partial charge on any atom is 0.230 e. The summed E-state index contributed by atoms with van der Waals surface area (Å²) in [7, 11) is 0. The van der Waals surface area contributed by atoms with E-state index in [1.54, 1.807) is 42.5 Å². The fourth-order valence-electron chi connectivity index (χ4n) is 4.57. The molecule has 0 amide bonds. The Bertz CT molecular complexity index is 1470. The second kappa shape index (κ2) is 8.79. The van der Waals surface area contributed by atoms with Crippen LogP contribution in [0.5, 0.6) is 5.88 Å². The molecule has 7 nitrogen and oxygen atoms in total. The predicted octanol–water partition coefficient (Wildman–Crippen LogP) is 4.95. The minimum Gasteiger partial charge on any atom is -0.492 e. The van der Waals surface area contributed by atoms with Gasteiger partial charge in [-0.05, 0) is 30.3 Å². The molecule has 0 saturated carbocycles. The van der Waals surface area contributed by atoms with E-state index >= 15 is 4.39 Å². The third-order valence-electron chi connectivity index (χ3n) is 6.26. The lowest BCUT2D eigenvalue weighted by molar-refractivity contribution is 0.207. The summed E-state index contributed by atoms with van der Waals surface area (Å²) in [6, 6.07) is 16.2. The highest BCUT2D eigenvalue weighted by Gasteiger charge is 2.33. The predicted molar refractivity (Wildman–Crippen MR) is 129 cm³/mol. The Balaban J connectivity index is 1.35. The maximum absolute atomic E-state index is 15.0. The van der Waals surface area contributed by atoms with Gasteiger partial charge < -0.3 is 14.4 Å². The molecule has 0 bridgehead atoms. The summed E-state index contributed by atoms with van der Waals surface area (Å²) in [5.74, 6) is 0.159. The molecule has 1 fully saturated rings. The van der Waals surface area contributed by atoms with Gasteiger partial charge in [0.1, 0.15) is 11.6 Å². The van der Waals surface area contributed by atoms with Gasteiger partial charge in [-0.2, -0.15) is 9.50 Å². The molecule has 1 atom stereocenters. The van der Waals surface area contributed by atoms with Crippen LogP contribution in [-0.4, -0.2) is 50.8 Å². The van der Waals surface area contributed by atoms with Gasteiger partial charge in [-0.3, -0.25) is 4.90 Å². The molecule has 0 radical (unpaired) electrons. The molecule has 10 heteroatoms. The van der Waals surface area contributed by atoms with Crippen molar-refractivity contribution in [2.24, 2.45) is 0 Å². The summed E-state index contributed by atoms with van der Waals surface area (Å²) in [6.07, 6.45) is 1.53. The molecule has 5 aromatic rings. The van der Waals surface area contributed by atoms with E-state index in [1.165, 1.54) is 34.2 Å². The fraction of sp³-hybridized carbons (Fsp3) is 0.200. The summed E-state index contributed by atoms with van der Waals surface area (Å²) in [4.78, 5) is 9.62. The Morgan fingerprint density at radius 3 is 2.34 bits per heavy atom.